The highest BCUT2D eigenvalue weighted by Gasteiger charge is 2.40. The first-order chi connectivity index (χ1) is 11.5. The van der Waals surface area contributed by atoms with Crippen LogP contribution >= 0.6 is 0 Å². The van der Waals surface area contributed by atoms with Crippen LogP contribution in [-0.4, -0.2) is 29.6 Å². The number of hydrogen-bond donors (Lipinski definition) is 0. The fourth-order valence-electron chi connectivity index (χ4n) is 3.10. The molecule has 0 spiro atoms. The Kier molecular flexibility index (Phi) is 5.89. The summed E-state index contributed by atoms with van der Waals surface area (Å²) in [5.41, 5.74) is 0.175. The van der Waals surface area contributed by atoms with Crippen LogP contribution in [0.1, 0.15) is 43.5 Å². The molecule has 1 saturated carbocycles. The predicted octanol–water partition coefficient (Wildman–Crippen LogP) is 3.12. The topological polar surface area (TPSA) is 95.7 Å². The number of ether oxygens (including phenoxy) is 2. The number of nitro benzene ring substituents is 1. The van der Waals surface area contributed by atoms with Crippen molar-refractivity contribution in [3.8, 4) is 0 Å². The van der Waals surface area contributed by atoms with Gasteiger partial charge in [-0.3, -0.25) is 14.9 Å². The summed E-state index contributed by atoms with van der Waals surface area (Å²) in [6, 6.07) is 5.27. The van der Waals surface area contributed by atoms with E-state index >= 15 is 0 Å². The second-order valence-corrected chi connectivity index (χ2v) is 5.83. The minimum atomic E-state index is -0.533. The molecule has 0 radical (unpaired) electrons. The molecule has 0 aromatic heterocycles. The summed E-state index contributed by atoms with van der Waals surface area (Å²) >= 11 is 0. The van der Waals surface area contributed by atoms with Crippen LogP contribution in [0.4, 0.5) is 5.69 Å². The molecule has 0 bridgehead atoms. The van der Waals surface area contributed by atoms with Gasteiger partial charge in [-0.25, -0.2) is 4.79 Å². The summed E-state index contributed by atoms with van der Waals surface area (Å²) < 4.78 is 10.6. The highest BCUT2D eigenvalue weighted by Crippen LogP contribution is 2.37. The van der Waals surface area contributed by atoms with Gasteiger partial charge in [0.1, 0.15) is 6.10 Å². The average Bonchev–Trinajstić information content (AvgIpc) is 2.98. The van der Waals surface area contributed by atoms with Crippen LogP contribution in [0.3, 0.4) is 0 Å². The van der Waals surface area contributed by atoms with Gasteiger partial charge in [-0.2, -0.15) is 0 Å². The Balaban J connectivity index is 1.99. The zero-order chi connectivity index (χ0) is 17.7. The lowest BCUT2D eigenvalue weighted by molar-refractivity contribution is -0.384. The second-order valence-electron chi connectivity index (χ2n) is 5.83. The Bertz CT molecular complexity index is 612. The van der Waals surface area contributed by atoms with E-state index in [9.17, 15) is 19.7 Å². The molecule has 7 heteroatoms. The molecule has 2 rings (SSSR count). The fraction of sp³-hybridized carbons (Fsp3) is 0.529. The quantitative estimate of drug-likeness (QED) is 0.450. The highest BCUT2D eigenvalue weighted by atomic mass is 16.6. The maximum Gasteiger partial charge on any atom is 0.338 e. The number of non-ortho nitro benzene ring substituents is 1. The molecule has 1 aliphatic rings. The van der Waals surface area contributed by atoms with Crippen LogP contribution in [-0.2, 0) is 14.3 Å². The van der Waals surface area contributed by atoms with E-state index in [1.165, 1.54) is 24.3 Å². The van der Waals surface area contributed by atoms with E-state index in [0.717, 1.165) is 6.42 Å². The Morgan fingerprint density at radius 2 is 1.88 bits per heavy atom. The predicted molar refractivity (Wildman–Crippen MR) is 85.4 cm³/mol. The minimum Gasteiger partial charge on any atom is -0.466 e. The van der Waals surface area contributed by atoms with Gasteiger partial charge in [0.25, 0.3) is 5.69 Å². The first-order valence-corrected chi connectivity index (χ1v) is 8.08. The van der Waals surface area contributed by atoms with E-state index in [1.807, 2.05) is 6.92 Å². The van der Waals surface area contributed by atoms with Crippen LogP contribution in [0, 0.1) is 22.0 Å². The highest BCUT2D eigenvalue weighted by molar-refractivity contribution is 5.89. The van der Waals surface area contributed by atoms with Crippen molar-refractivity contribution in [3.63, 3.8) is 0 Å². The molecular weight excluding hydrogens is 314 g/mol. The van der Waals surface area contributed by atoms with Crippen molar-refractivity contribution in [2.24, 2.45) is 11.8 Å². The molecule has 0 aliphatic heterocycles. The van der Waals surface area contributed by atoms with Gasteiger partial charge >= 0.3 is 11.9 Å². The summed E-state index contributed by atoms with van der Waals surface area (Å²) in [5.74, 6) is -0.879. The molecule has 0 amide bonds. The Hall–Kier alpha value is -2.44. The largest absolute Gasteiger partial charge is 0.466 e. The van der Waals surface area contributed by atoms with Crippen LogP contribution in [0.5, 0.6) is 0 Å². The second kappa shape index (κ2) is 7.90. The van der Waals surface area contributed by atoms with Crippen molar-refractivity contribution in [2.75, 3.05) is 6.61 Å². The number of hydrogen-bond acceptors (Lipinski definition) is 6. The standard InChI is InChI=1S/C17H21NO6/c1-3-11-9-14(10-15(11)17(20)23-4-2)24-16(19)12-5-7-13(8-6-12)18(21)22/h5-8,11,14-15H,3-4,9-10H2,1-2H3/t11-,14+,15-/m1/s1. The average molecular weight is 335 g/mol. The summed E-state index contributed by atoms with van der Waals surface area (Å²) in [5, 5.41) is 10.6. The van der Waals surface area contributed by atoms with Crippen LogP contribution in [0.25, 0.3) is 0 Å². The van der Waals surface area contributed by atoms with Crippen LogP contribution < -0.4 is 0 Å². The lowest BCUT2D eigenvalue weighted by Gasteiger charge is -2.14. The molecule has 7 nitrogen and oxygen atoms in total. The third kappa shape index (κ3) is 4.10. The first kappa shape index (κ1) is 17.9. The third-order valence-electron chi connectivity index (χ3n) is 4.35. The SMILES string of the molecule is CCOC(=O)[C@@H]1C[C@@H](OC(=O)c2ccc([N+](=O)[O-])cc2)C[C@H]1CC. The lowest BCUT2D eigenvalue weighted by Crippen LogP contribution is -2.21. The van der Waals surface area contributed by atoms with Crippen molar-refractivity contribution >= 4 is 17.6 Å². The molecule has 0 unspecified atom stereocenters. The summed E-state index contributed by atoms with van der Waals surface area (Å²) in [4.78, 5) is 34.3. The Labute approximate surface area is 140 Å². The van der Waals surface area contributed by atoms with E-state index < -0.39 is 10.9 Å². The molecule has 1 aromatic carbocycles. The maximum atomic E-state index is 12.2. The van der Waals surface area contributed by atoms with Crippen molar-refractivity contribution in [3.05, 3.63) is 39.9 Å². The first-order valence-electron chi connectivity index (χ1n) is 8.08. The molecule has 1 fully saturated rings. The summed E-state index contributed by atoms with van der Waals surface area (Å²) in [7, 11) is 0. The smallest absolute Gasteiger partial charge is 0.338 e. The van der Waals surface area contributed by atoms with Gasteiger partial charge in [0.05, 0.1) is 23.0 Å². The number of esters is 2. The third-order valence-corrected chi connectivity index (χ3v) is 4.35. The van der Waals surface area contributed by atoms with Gasteiger partial charge in [-0.1, -0.05) is 13.3 Å². The summed E-state index contributed by atoms with van der Waals surface area (Å²) in [6.07, 6.45) is 1.55. The van der Waals surface area contributed by atoms with Gasteiger partial charge < -0.3 is 9.47 Å². The monoisotopic (exact) mass is 335 g/mol. The van der Waals surface area contributed by atoms with Gasteiger partial charge in [0.15, 0.2) is 0 Å². The van der Waals surface area contributed by atoms with Crippen molar-refractivity contribution in [1.82, 2.24) is 0 Å². The van der Waals surface area contributed by atoms with Gasteiger partial charge in [-0.05, 0) is 37.8 Å². The van der Waals surface area contributed by atoms with E-state index in [4.69, 9.17) is 9.47 Å². The lowest BCUT2D eigenvalue weighted by atomic mass is 9.94. The van der Waals surface area contributed by atoms with E-state index in [0.29, 0.717) is 19.4 Å². The molecule has 130 valence electrons. The van der Waals surface area contributed by atoms with E-state index in [1.54, 1.807) is 6.92 Å². The normalized spacial score (nSPS) is 22.8. The minimum absolute atomic E-state index is 0.0826. The van der Waals surface area contributed by atoms with Gasteiger partial charge in [0, 0.05) is 12.1 Å². The van der Waals surface area contributed by atoms with E-state index in [2.05, 4.69) is 0 Å². The maximum absolute atomic E-state index is 12.2. The van der Waals surface area contributed by atoms with Gasteiger partial charge in [0.2, 0.25) is 0 Å². The molecular formula is C17H21NO6. The molecule has 3 atom stereocenters. The van der Waals surface area contributed by atoms with Gasteiger partial charge in [-0.15, -0.1) is 0 Å². The van der Waals surface area contributed by atoms with Crippen molar-refractivity contribution < 1.29 is 24.0 Å². The number of nitrogens with zero attached hydrogens (tertiary/aromatic N) is 1. The number of rotatable bonds is 6. The number of carbonyl (C=O) groups excluding carboxylic acids is 2. The molecule has 1 aromatic rings. The number of benzene rings is 1. The fourth-order valence-corrected chi connectivity index (χ4v) is 3.10. The number of carbonyl (C=O) groups is 2. The molecule has 0 saturated heterocycles. The van der Waals surface area contributed by atoms with E-state index in [-0.39, 0.29) is 35.2 Å². The van der Waals surface area contributed by atoms with Crippen LogP contribution in [0.15, 0.2) is 24.3 Å². The number of nitro groups is 1. The molecule has 1 aliphatic carbocycles. The zero-order valence-electron chi connectivity index (χ0n) is 13.8. The molecule has 0 heterocycles. The molecule has 0 N–H and O–H groups in total. The van der Waals surface area contributed by atoms with Crippen molar-refractivity contribution in [1.29, 1.82) is 0 Å². The van der Waals surface area contributed by atoms with Crippen LogP contribution in [0.2, 0.25) is 0 Å². The zero-order valence-corrected chi connectivity index (χ0v) is 13.8. The summed E-state index contributed by atoms with van der Waals surface area (Å²) in [6.45, 7) is 4.09. The van der Waals surface area contributed by atoms with Crippen molar-refractivity contribution in [2.45, 2.75) is 39.2 Å². The Morgan fingerprint density at radius 1 is 1.21 bits per heavy atom. The molecule has 24 heavy (non-hydrogen) atoms. The Morgan fingerprint density at radius 3 is 2.42 bits per heavy atom.